The van der Waals surface area contributed by atoms with Crippen LogP contribution in [0.15, 0.2) is 54.3 Å². The van der Waals surface area contributed by atoms with E-state index in [0.29, 0.717) is 5.92 Å². The molecular formula is C32H43N3O. The molecule has 2 aromatic rings. The van der Waals surface area contributed by atoms with Gasteiger partial charge in [0.1, 0.15) is 0 Å². The zero-order valence-corrected chi connectivity index (χ0v) is 22.3. The van der Waals surface area contributed by atoms with Crippen molar-refractivity contribution in [2.24, 2.45) is 28.6 Å². The van der Waals surface area contributed by atoms with Crippen LogP contribution in [0.3, 0.4) is 0 Å². The number of para-hydroxylation sites is 1. The van der Waals surface area contributed by atoms with E-state index >= 15 is 0 Å². The van der Waals surface area contributed by atoms with Gasteiger partial charge in [-0.25, -0.2) is 4.68 Å². The van der Waals surface area contributed by atoms with Gasteiger partial charge in [-0.1, -0.05) is 56.7 Å². The van der Waals surface area contributed by atoms with Crippen molar-refractivity contribution >= 4 is 5.57 Å². The molecule has 4 aliphatic carbocycles. The van der Waals surface area contributed by atoms with Gasteiger partial charge >= 0.3 is 0 Å². The Morgan fingerprint density at radius 3 is 2.64 bits per heavy atom. The Morgan fingerprint density at radius 2 is 1.83 bits per heavy atom. The first-order valence-corrected chi connectivity index (χ1v) is 14.4. The number of benzene rings is 1. The number of aromatic nitrogens is 2. The van der Waals surface area contributed by atoms with Gasteiger partial charge in [0.25, 0.3) is 0 Å². The monoisotopic (exact) mass is 485 g/mol. The Bertz CT molecular complexity index is 1160. The second-order valence-corrected chi connectivity index (χ2v) is 12.4. The van der Waals surface area contributed by atoms with Crippen molar-refractivity contribution in [2.45, 2.75) is 84.8 Å². The molecule has 1 heterocycles. The molecule has 192 valence electrons. The van der Waals surface area contributed by atoms with Crippen LogP contribution in [0.4, 0.5) is 0 Å². The van der Waals surface area contributed by atoms with Crippen LogP contribution >= 0.6 is 0 Å². The Balaban J connectivity index is 1.32. The predicted molar refractivity (Wildman–Crippen MR) is 147 cm³/mol. The second kappa shape index (κ2) is 9.29. The molecule has 2 N–H and O–H groups in total. The van der Waals surface area contributed by atoms with E-state index in [1.165, 1.54) is 42.5 Å². The van der Waals surface area contributed by atoms with Crippen LogP contribution in [0.2, 0.25) is 0 Å². The molecule has 36 heavy (non-hydrogen) atoms. The SMILES string of the molecule is CCCNCc1cn(-c2ccccc2)nc1C1=CC[C@H]2[C@@H]3CC=C4C[C@@H](O)CC[C@]4(C)[C@H]3CC[C@]12C. The van der Waals surface area contributed by atoms with Gasteiger partial charge in [0.2, 0.25) is 0 Å². The largest absolute Gasteiger partial charge is 0.393 e. The average Bonchev–Trinajstić information content (AvgIpc) is 3.45. The highest BCUT2D eigenvalue weighted by Gasteiger charge is 2.57. The number of allylic oxidation sites excluding steroid dienone is 3. The third kappa shape index (κ3) is 3.83. The molecular weight excluding hydrogens is 442 g/mol. The fourth-order valence-electron chi connectivity index (χ4n) is 8.45. The number of fused-ring (bicyclic) bond motifs is 5. The molecule has 2 saturated carbocycles. The highest BCUT2D eigenvalue weighted by Crippen LogP contribution is 2.66. The highest BCUT2D eigenvalue weighted by atomic mass is 16.3. The molecule has 0 saturated heterocycles. The summed E-state index contributed by atoms with van der Waals surface area (Å²) >= 11 is 0. The smallest absolute Gasteiger partial charge is 0.0934 e. The number of aliphatic hydroxyl groups is 1. The molecule has 0 bridgehead atoms. The van der Waals surface area contributed by atoms with E-state index in [1.54, 1.807) is 5.57 Å². The van der Waals surface area contributed by atoms with Crippen LogP contribution in [-0.2, 0) is 6.54 Å². The Morgan fingerprint density at radius 1 is 1.03 bits per heavy atom. The van der Waals surface area contributed by atoms with Gasteiger partial charge < -0.3 is 10.4 Å². The minimum Gasteiger partial charge on any atom is -0.393 e. The van der Waals surface area contributed by atoms with Crippen molar-refractivity contribution in [3.63, 3.8) is 0 Å². The lowest BCUT2D eigenvalue weighted by Gasteiger charge is -2.57. The van der Waals surface area contributed by atoms with Crippen molar-refractivity contribution < 1.29 is 5.11 Å². The molecule has 6 atom stereocenters. The van der Waals surface area contributed by atoms with Crippen LogP contribution in [-0.4, -0.2) is 27.5 Å². The molecule has 0 aliphatic heterocycles. The van der Waals surface area contributed by atoms with Gasteiger partial charge in [0, 0.05) is 18.3 Å². The van der Waals surface area contributed by atoms with E-state index in [4.69, 9.17) is 5.10 Å². The number of rotatable bonds is 6. The summed E-state index contributed by atoms with van der Waals surface area (Å²) in [6.45, 7) is 9.19. The van der Waals surface area contributed by atoms with Crippen LogP contribution in [0.25, 0.3) is 11.3 Å². The Labute approximate surface area is 216 Å². The topological polar surface area (TPSA) is 50.1 Å². The summed E-state index contributed by atoms with van der Waals surface area (Å²) in [5, 5.41) is 19.2. The van der Waals surface area contributed by atoms with E-state index < -0.39 is 0 Å². The maximum absolute atomic E-state index is 10.3. The zero-order chi connectivity index (χ0) is 24.9. The van der Waals surface area contributed by atoms with E-state index in [1.807, 2.05) is 0 Å². The maximum Gasteiger partial charge on any atom is 0.0934 e. The van der Waals surface area contributed by atoms with E-state index in [2.05, 4.69) is 79.5 Å². The Hall–Kier alpha value is -2.17. The number of hydrogen-bond donors (Lipinski definition) is 2. The summed E-state index contributed by atoms with van der Waals surface area (Å²) in [5.74, 6) is 2.17. The van der Waals surface area contributed by atoms with Crippen LogP contribution < -0.4 is 5.32 Å². The van der Waals surface area contributed by atoms with Crippen molar-refractivity contribution in [1.82, 2.24) is 15.1 Å². The van der Waals surface area contributed by atoms with Gasteiger partial charge in [-0.2, -0.15) is 5.10 Å². The van der Waals surface area contributed by atoms with Gasteiger partial charge in [-0.3, -0.25) is 0 Å². The molecule has 0 unspecified atom stereocenters. The first-order chi connectivity index (χ1) is 17.4. The summed E-state index contributed by atoms with van der Waals surface area (Å²) in [7, 11) is 0. The van der Waals surface area contributed by atoms with Gasteiger partial charge in [-0.05, 0) is 104 Å². The molecule has 0 radical (unpaired) electrons. The molecule has 6 rings (SSSR count). The number of aliphatic hydroxyl groups excluding tert-OH is 1. The summed E-state index contributed by atoms with van der Waals surface area (Å²) in [6.07, 6.45) is 16.3. The number of hydrogen-bond acceptors (Lipinski definition) is 3. The predicted octanol–water partition coefficient (Wildman–Crippen LogP) is 6.69. The summed E-state index contributed by atoms with van der Waals surface area (Å²) in [6, 6.07) is 10.5. The third-order valence-corrected chi connectivity index (χ3v) is 10.5. The van der Waals surface area contributed by atoms with Crippen LogP contribution in [0.1, 0.15) is 83.4 Å². The lowest BCUT2D eigenvalue weighted by Crippen LogP contribution is -2.49. The molecule has 4 heteroatoms. The van der Waals surface area contributed by atoms with E-state index in [9.17, 15) is 5.11 Å². The molecule has 2 fully saturated rings. The molecule has 1 aromatic heterocycles. The van der Waals surface area contributed by atoms with Gasteiger partial charge in [0.15, 0.2) is 0 Å². The summed E-state index contributed by atoms with van der Waals surface area (Å²) in [4.78, 5) is 0. The quantitative estimate of drug-likeness (QED) is 0.354. The summed E-state index contributed by atoms with van der Waals surface area (Å²) in [5.41, 5.74) is 7.19. The third-order valence-electron chi connectivity index (χ3n) is 10.5. The standard InChI is InChI=1S/C32H43N3O/c1-4-18-33-20-22-21-35(24-8-6-5-7-9-24)34-30(22)29-13-12-27-26-11-10-23-19-25(36)14-16-31(23,2)28(26)15-17-32(27,29)3/h5-10,13,21,25-28,33,36H,4,11-12,14-20H2,1-3H3/t25-,26-,27-,28-,31-,32-/m0/s1. The highest BCUT2D eigenvalue weighted by molar-refractivity contribution is 5.73. The minimum absolute atomic E-state index is 0.131. The normalized spacial score (nSPS) is 35.4. The van der Waals surface area contributed by atoms with Crippen LogP contribution in [0.5, 0.6) is 0 Å². The zero-order valence-electron chi connectivity index (χ0n) is 22.3. The number of nitrogens with one attached hydrogen (secondary N) is 1. The summed E-state index contributed by atoms with van der Waals surface area (Å²) < 4.78 is 2.09. The molecule has 0 spiro atoms. The maximum atomic E-state index is 10.3. The van der Waals surface area contributed by atoms with Crippen molar-refractivity contribution in [1.29, 1.82) is 0 Å². The second-order valence-electron chi connectivity index (χ2n) is 12.4. The van der Waals surface area contributed by atoms with Crippen LogP contribution in [0, 0.1) is 28.6 Å². The number of nitrogens with zero attached hydrogens (tertiary/aromatic N) is 2. The average molecular weight is 486 g/mol. The first-order valence-electron chi connectivity index (χ1n) is 14.4. The lowest BCUT2D eigenvalue weighted by atomic mass is 9.47. The molecule has 4 aliphatic rings. The molecule has 0 amide bonds. The van der Waals surface area contributed by atoms with Gasteiger partial charge in [-0.15, -0.1) is 0 Å². The van der Waals surface area contributed by atoms with E-state index in [0.717, 1.165) is 56.3 Å². The first kappa shape index (κ1) is 24.2. The van der Waals surface area contributed by atoms with Gasteiger partial charge in [0.05, 0.1) is 17.5 Å². The Kier molecular flexibility index (Phi) is 6.24. The van der Waals surface area contributed by atoms with Crippen molar-refractivity contribution in [3.05, 3.63) is 65.5 Å². The lowest BCUT2D eigenvalue weighted by molar-refractivity contribution is -0.0238. The van der Waals surface area contributed by atoms with Crippen molar-refractivity contribution in [2.75, 3.05) is 6.54 Å². The fourth-order valence-corrected chi connectivity index (χ4v) is 8.45. The fraction of sp³-hybridized carbons (Fsp3) is 0.594. The minimum atomic E-state index is -0.131. The molecule has 4 nitrogen and oxygen atoms in total. The molecule has 1 aromatic carbocycles. The van der Waals surface area contributed by atoms with Crippen molar-refractivity contribution in [3.8, 4) is 5.69 Å². The van der Waals surface area contributed by atoms with E-state index in [-0.39, 0.29) is 16.9 Å².